The van der Waals surface area contributed by atoms with Gasteiger partial charge in [-0.1, -0.05) is 20.8 Å². The van der Waals surface area contributed by atoms with Gasteiger partial charge in [-0.25, -0.2) is 0 Å². The molecule has 0 amide bonds. The van der Waals surface area contributed by atoms with Gasteiger partial charge in [-0.3, -0.25) is 4.79 Å². The molecule has 0 saturated carbocycles. The van der Waals surface area contributed by atoms with Crippen molar-refractivity contribution >= 4 is 14.3 Å². The Balaban J connectivity index is 2.66. The van der Waals surface area contributed by atoms with Crippen LogP contribution in [-0.2, 0) is 18.7 Å². The summed E-state index contributed by atoms with van der Waals surface area (Å²) < 4.78 is 17.2. The maximum Gasteiger partial charge on any atom is 0.302 e. The topological polar surface area (TPSA) is 65.0 Å². The SMILES string of the molecule is CC(=O)OC[C@@H]1C[C@@H](O[Si](C)(C)C(C)(C)C)C[C@H](CO)O1. The van der Waals surface area contributed by atoms with Crippen LogP contribution in [0.4, 0.5) is 0 Å². The lowest BCUT2D eigenvalue weighted by Crippen LogP contribution is -2.49. The molecule has 0 unspecified atom stereocenters. The largest absolute Gasteiger partial charge is 0.463 e. The van der Waals surface area contributed by atoms with Gasteiger partial charge in [-0.2, -0.15) is 0 Å². The summed E-state index contributed by atoms with van der Waals surface area (Å²) in [7, 11) is -1.85. The van der Waals surface area contributed by atoms with E-state index in [1.807, 2.05) is 0 Å². The molecule has 0 aliphatic carbocycles. The van der Waals surface area contributed by atoms with Crippen LogP contribution in [0.2, 0.25) is 18.1 Å². The highest BCUT2D eigenvalue weighted by atomic mass is 28.4. The highest BCUT2D eigenvalue weighted by Crippen LogP contribution is 2.39. The minimum atomic E-state index is -1.85. The van der Waals surface area contributed by atoms with Crippen LogP contribution in [0.3, 0.4) is 0 Å². The lowest BCUT2D eigenvalue weighted by molar-refractivity contribution is -0.157. The fraction of sp³-hybridized carbons (Fsp3) is 0.933. The fourth-order valence-corrected chi connectivity index (χ4v) is 3.57. The Bertz CT molecular complexity index is 350. The van der Waals surface area contributed by atoms with E-state index >= 15 is 0 Å². The number of rotatable bonds is 5. The van der Waals surface area contributed by atoms with Crippen LogP contribution in [-0.4, -0.2) is 50.9 Å². The summed E-state index contributed by atoms with van der Waals surface area (Å²) in [5.41, 5.74) is 0. The number of ether oxygens (including phenoxy) is 2. The smallest absolute Gasteiger partial charge is 0.302 e. The molecule has 0 aromatic carbocycles. The van der Waals surface area contributed by atoms with Crippen LogP contribution in [0.1, 0.15) is 40.5 Å². The highest BCUT2D eigenvalue weighted by Gasteiger charge is 2.41. The molecule has 0 spiro atoms. The summed E-state index contributed by atoms with van der Waals surface area (Å²) in [5, 5.41) is 9.53. The summed E-state index contributed by atoms with van der Waals surface area (Å²) in [5.74, 6) is -0.313. The second kappa shape index (κ2) is 7.22. The van der Waals surface area contributed by atoms with Gasteiger partial charge in [0.1, 0.15) is 6.61 Å². The number of aliphatic hydroxyl groups excluding tert-OH is 1. The molecule has 1 fully saturated rings. The van der Waals surface area contributed by atoms with Crippen molar-refractivity contribution < 1.29 is 23.8 Å². The van der Waals surface area contributed by atoms with Crippen molar-refractivity contribution in [3.8, 4) is 0 Å². The van der Waals surface area contributed by atoms with E-state index in [9.17, 15) is 9.90 Å². The third-order valence-electron chi connectivity index (χ3n) is 4.38. The molecule has 1 saturated heterocycles. The molecular weight excluding hydrogens is 288 g/mol. The standard InChI is InChI=1S/C15H30O5Si/c1-11(17)18-10-14-8-12(7-13(9-16)19-14)20-21(5,6)15(2,3)4/h12-14,16H,7-10H2,1-6H3/t12-,13+,14-/m0/s1. The van der Waals surface area contributed by atoms with Gasteiger partial charge in [0.15, 0.2) is 8.32 Å². The van der Waals surface area contributed by atoms with E-state index in [0.717, 1.165) is 0 Å². The quantitative estimate of drug-likeness (QED) is 0.623. The van der Waals surface area contributed by atoms with Crippen molar-refractivity contribution in [2.24, 2.45) is 0 Å². The lowest BCUT2D eigenvalue weighted by Gasteiger charge is -2.43. The van der Waals surface area contributed by atoms with Gasteiger partial charge in [0.2, 0.25) is 0 Å². The number of hydrogen-bond donors (Lipinski definition) is 1. The molecular formula is C15H30O5Si. The van der Waals surface area contributed by atoms with Crippen LogP contribution >= 0.6 is 0 Å². The van der Waals surface area contributed by atoms with Gasteiger partial charge >= 0.3 is 5.97 Å². The van der Waals surface area contributed by atoms with E-state index in [1.54, 1.807) is 0 Å². The van der Waals surface area contributed by atoms with E-state index in [0.29, 0.717) is 12.8 Å². The first kappa shape index (κ1) is 18.6. The van der Waals surface area contributed by atoms with Gasteiger partial charge in [-0.05, 0) is 18.1 Å². The molecule has 6 heteroatoms. The summed E-state index contributed by atoms with van der Waals surface area (Å²) in [6.45, 7) is 12.6. The van der Waals surface area contributed by atoms with Crippen molar-refractivity contribution in [3.63, 3.8) is 0 Å². The van der Waals surface area contributed by atoms with E-state index in [2.05, 4.69) is 33.9 Å². The fourth-order valence-electron chi connectivity index (χ4n) is 2.19. The average Bonchev–Trinajstić information content (AvgIpc) is 2.34. The number of esters is 1. The molecule has 1 aliphatic rings. The molecule has 0 bridgehead atoms. The maximum absolute atomic E-state index is 10.9. The minimum absolute atomic E-state index is 0.0338. The second-order valence-corrected chi connectivity index (χ2v) is 12.1. The van der Waals surface area contributed by atoms with Crippen LogP contribution in [0.5, 0.6) is 0 Å². The predicted octanol–water partition coefficient (Wildman–Crippen LogP) is 2.48. The van der Waals surface area contributed by atoms with Gasteiger partial charge < -0.3 is 19.0 Å². The molecule has 1 N–H and O–H groups in total. The van der Waals surface area contributed by atoms with Crippen LogP contribution < -0.4 is 0 Å². The normalized spacial score (nSPS) is 27.5. The Morgan fingerprint density at radius 1 is 1.29 bits per heavy atom. The van der Waals surface area contributed by atoms with Crippen molar-refractivity contribution in [2.45, 2.75) is 77.0 Å². The number of aliphatic hydroxyl groups is 1. The number of carbonyl (C=O) groups is 1. The zero-order valence-electron chi connectivity index (χ0n) is 14.1. The average molecular weight is 318 g/mol. The maximum atomic E-state index is 10.9. The molecule has 0 aromatic rings. The minimum Gasteiger partial charge on any atom is -0.463 e. The Morgan fingerprint density at radius 2 is 1.86 bits per heavy atom. The van der Waals surface area contributed by atoms with E-state index in [4.69, 9.17) is 13.9 Å². The zero-order valence-corrected chi connectivity index (χ0v) is 15.1. The summed E-state index contributed by atoms with van der Waals surface area (Å²) in [6, 6.07) is 0. The van der Waals surface area contributed by atoms with Crippen molar-refractivity contribution in [3.05, 3.63) is 0 Å². The van der Waals surface area contributed by atoms with Crippen LogP contribution in [0.15, 0.2) is 0 Å². The second-order valence-electron chi connectivity index (χ2n) is 7.34. The Morgan fingerprint density at radius 3 is 2.33 bits per heavy atom. The lowest BCUT2D eigenvalue weighted by atomic mass is 10.0. The summed E-state index contributed by atoms with van der Waals surface area (Å²) in [4.78, 5) is 10.9. The molecule has 124 valence electrons. The van der Waals surface area contributed by atoms with Crippen LogP contribution in [0, 0.1) is 0 Å². The molecule has 0 radical (unpaired) electrons. The van der Waals surface area contributed by atoms with Crippen molar-refractivity contribution in [1.29, 1.82) is 0 Å². The third-order valence-corrected chi connectivity index (χ3v) is 8.92. The van der Waals surface area contributed by atoms with Crippen molar-refractivity contribution in [1.82, 2.24) is 0 Å². The Hall–Kier alpha value is -0.433. The molecule has 3 atom stereocenters. The van der Waals surface area contributed by atoms with E-state index < -0.39 is 8.32 Å². The highest BCUT2D eigenvalue weighted by molar-refractivity contribution is 6.74. The first-order valence-corrected chi connectivity index (χ1v) is 10.5. The molecule has 5 nitrogen and oxygen atoms in total. The van der Waals surface area contributed by atoms with Gasteiger partial charge in [0, 0.05) is 19.8 Å². The van der Waals surface area contributed by atoms with E-state index in [1.165, 1.54) is 6.92 Å². The van der Waals surface area contributed by atoms with E-state index in [-0.39, 0.29) is 42.5 Å². The Kier molecular flexibility index (Phi) is 6.40. The van der Waals surface area contributed by atoms with Gasteiger partial charge in [0.05, 0.1) is 24.9 Å². The summed E-state index contributed by atoms with van der Waals surface area (Å²) >= 11 is 0. The van der Waals surface area contributed by atoms with Gasteiger partial charge in [-0.15, -0.1) is 0 Å². The number of hydrogen-bond acceptors (Lipinski definition) is 5. The predicted molar refractivity (Wildman–Crippen MR) is 83.7 cm³/mol. The summed E-state index contributed by atoms with van der Waals surface area (Å²) in [6.07, 6.45) is 1.01. The zero-order chi connectivity index (χ0) is 16.3. The monoisotopic (exact) mass is 318 g/mol. The first-order chi connectivity index (χ1) is 9.55. The molecule has 0 aromatic heterocycles. The first-order valence-electron chi connectivity index (χ1n) is 7.62. The van der Waals surface area contributed by atoms with Crippen molar-refractivity contribution in [2.75, 3.05) is 13.2 Å². The molecule has 1 aliphatic heterocycles. The molecule has 1 heterocycles. The Labute approximate surface area is 129 Å². The number of carbonyl (C=O) groups excluding carboxylic acids is 1. The third kappa shape index (κ3) is 5.69. The van der Waals surface area contributed by atoms with Crippen LogP contribution in [0.25, 0.3) is 0 Å². The molecule has 1 rings (SSSR count). The van der Waals surface area contributed by atoms with Gasteiger partial charge in [0.25, 0.3) is 0 Å². The molecule has 21 heavy (non-hydrogen) atoms.